The standard InChI is InChI=1S/C16H22N2O5S2/c1-17-7-9-18(10-8-17)16(19)13-2-4-14(5-3-13)25(22,23)15-6-11-24(20,21)12-15/h2-5,15H,6-12H2,1H3/t15-/m0/s1. The summed E-state index contributed by atoms with van der Waals surface area (Å²) in [5.74, 6) is -0.519. The number of likely N-dealkylation sites (N-methyl/N-ethyl adjacent to an activating group) is 1. The van der Waals surface area contributed by atoms with Crippen LogP contribution in [-0.2, 0) is 19.7 Å². The second kappa shape index (κ2) is 6.69. The minimum atomic E-state index is -3.70. The molecule has 0 N–H and O–H groups in total. The average molecular weight is 386 g/mol. The highest BCUT2D eigenvalue weighted by Gasteiger charge is 2.38. The van der Waals surface area contributed by atoms with Gasteiger partial charge in [-0.15, -0.1) is 0 Å². The lowest BCUT2D eigenvalue weighted by atomic mass is 10.2. The Hall–Kier alpha value is -1.45. The smallest absolute Gasteiger partial charge is 0.253 e. The van der Waals surface area contributed by atoms with Crippen molar-refractivity contribution in [1.29, 1.82) is 0 Å². The normalized spacial score (nSPS) is 24.4. The highest BCUT2D eigenvalue weighted by atomic mass is 32.2. The first-order valence-corrected chi connectivity index (χ1v) is 11.6. The van der Waals surface area contributed by atoms with Gasteiger partial charge < -0.3 is 9.80 Å². The van der Waals surface area contributed by atoms with Gasteiger partial charge in [-0.25, -0.2) is 16.8 Å². The second-order valence-corrected chi connectivity index (χ2v) is 11.1. The van der Waals surface area contributed by atoms with Crippen molar-refractivity contribution in [3.05, 3.63) is 29.8 Å². The Morgan fingerprint density at radius 2 is 1.68 bits per heavy atom. The van der Waals surface area contributed by atoms with E-state index < -0.39 is 24.9 Å². The molecule has 0 aromatic heterocycles. The van der Waals surface area contributed by atoms with E-state index >= 15 is 0 Å². The summed E-state index contributed by atoms with van der Waals surface area (Å²) in [5, 5.41) is -0.892. The Labute approximate surface area is 148 Å². The van der Waals surface area contributed by atoms with Crippen LogP contribution in [0, 0.1) is 0 Å². The topological polar surface area (TPSA) is 91.8 Å². The number of sulfone groups is 2. The van der Waals surface area contributed by atoms with Crippen LogP contribution in [-0.4, -0.2) is 82.5 Å². The van der Waals surface area contributed by atoms with E-state index in [-0.39, 0.29) is 28.7 Å². The van der Waals surface area contributed by atoms with E-state index in [9.17, 15) is 21.6 Å². The molecule has 0 saturated carbocycles. The predicted octanol–water partition coefficient (Wildman–Crippen LogP) is 0.0350. The Morgan fingerprint density at radius 1 is 1.08 bits per heavy atom. The highest BCUT2D eigenvalue weighted by molar-refractivity contribution is 7.96. The Kier molecular flexibility index (Phi) is 4.91. The molecule has 1 aromatic rings. The molecular weight excluding hydrogens is 364 g/mol. The molecular formula is C16H22N2O5S2. The molecule has 0 aliphatic carbocycles. The lowest BCUT2D eigenvalue weighted by Crippen LogP contribution is -2.47. The molecule has 0 spiro atoms. The molecule has 1 aromatic carbocycles. The van der Waals surface area contributed by atoms with Crippen LogP contribution in [0.15, 0.2) is 29.2 Å². The molecule has 25 heavy (non-hydrogen) atoms. The number of amides is 1. The molecule has 2 heterocycles. The minimum Gasteiger partial charge on any atom is -0.336 e. The molecule has 0 radical (unpaired) electrons. The van der Waals surface area contributed by atoms with E-state index in [2.05, 4.69) is 4.90 Å². The molecule has 0 unspecified atom stereocenters. The second-order valence-electron chi connectivity index (χ2n) is 6.69. The van der Waals surface area contributed by atoms with Crippen molar-refractivity contribution in [1.82, 2.24) is 9.80 Å². The number of benzene rings is 1. The van der Waals surface area contributed by atoms with Gasteiger partial charge in [-0.2, -0.15) is 0 Å². The van der Waals surface area contributed by atoms with E-state index in [1.54, 1.807) is 4.90 Å². The van der Waals surface area contributed by atoms with Crippen LogP contribution in [0.3, 0.4) is 0 Å². The van der Waals surface area contributed by atoms with Gasteiger partial charge in [0.05, 0.1) is 21.7 Å². The maximum Gasteiger partial charge on any atom is 0.253 e. The molecule has 1 atom stereocenters. The van der Waals surface area contributed by atoms with Crippen LogP contribution >= 0.6 is 0 Å². The SMILES string of the molecule is CN1CCN(C(=O)c2ccc(S(=O)(=O)[C@H]3CCS(=O)(=O)C3)cc2)CC1. The lowest BCUT2D eigenvalue weighted by molar-refractivity contribution is 0.0664. The molecule has 9 heteroatoms. The molecule has 2 aliphatic heterocycles. The number of carbonyl (C=O) groups excluding carboxylic acids is 1. The Morgan fingerprint density at radius 3 is 2.20 bits per heavy atom. The summed E-state index contributed by atoms with van der Waals surface area (Å²) in [6.45, 7) is 2.92. The van der Waals surface area contributed by atoms with E-state index in [1.807, 2.05) is 7.05 Å². The zero-order valence-electron chi connectivity index (χ0n) is 14.1. The summed E-state index contributed by atoms with van der Waals surface area (Å²) in [7, 11) is -4.96. The fraction of sp³-hybridized carbons (Fsp3) is 0.562. The van der Waals surface area contributed by atoms with Gasteiger partial charge in [0.2, 0.25) is 0 Å². The van der Waals surface area contributed by atoms with Crippen LogP contribution < -0.4 is 0 Å². The fourth-order valence-corrected chi connectivity index (χ4v) is 7.54. The third kappa shape index (κ3) is 3.88. The first-order chi connectivity index (χ1) is 11.7. The number of nitrogens with zero attached hydrogens (tertiary/aromatic N) is 2. The van der Waals surface area contributed by atoms with Crippen molar-refractivity contribution in [2.75, 3.05) is 44.7 Å². The van der Waals surface area contributed by atoms with E-state index in [0.717, 1.165) is 13.1 Å². The fourth-order valence-electron chi connectivity index (χ4n) is 3.18. The largest absolute Gasteiger partial charge is 0.336 e. The van der Waals surface area contributed by atoms with E-state index in [1.165, 1.54) is 24.3 Å². The minimum absolute atomic E-state index is 0.0736. The number of piperazine rings is 1. The third-order valence-corrected chi connectivity index (χ3v) is 9.04. The summed E-state index contributed by atoms with van der Waals surface area (Å²) >= 11 is 0. The molecule has 3 rings (SSSR count). The van der Waals surface area contributed by atoms with Crippen LogP contribution in [0.4, 0.5) is 0 Å². The molecule has 1 amide bonds. The van der Waals surface area contributed by atoms with Crippen molar-refractivity contribution in [3.63, 3.8) is 0 Å². The summed E-state index contributed by atoms with van der Waals surface area (Å²) in [6, 6.07) is 5.83. The van der Waals surface area contributed by atoms with Gasteiger partial charge >= 0.3 is 0 Å². The number of hydrogen-bond acceptors (Lipinski definition) is 6. The van der Waals surface area contributed by atoms with Gasteiger partial charge in [0.25, 0.3) is 5.91 Å². The van der Waals surface area contributed by atoms with Crippen molar-refractivity contribution >= 4 is 25.6 Å². The molecule has 138 valence electrons. The van der Waals surface area contributed by atoms with Gasteiger partial charge in [0.15, 0.2) is 19.7 Å². The van der Waals surface area contributed by atoms with Crippen molar-refractivity contribution in [2.24, 2.45) is 0 Å². The maximum absolute atomic E-state index is 12.6. The molecule has 0 bridgehead atoms. The summed E-state index contributed by atoms with van der Waals surface area (Å²) in [4.78, 5) is 16.5. The molecule has 2 aliphatic rings. The third-order valence-electron chi connectivity index (χ3n) is 4.85. The lowest BCUT2D eigenvalue weighted by Gasteiger charge is -2.32. The first kappa shape index (κ1) is 18.3. The van der Waals surface area contributed by atoms with Gasteiger partial charge in [-0.1, -0.05) is 0 Å². The van der Waals surface area contributed by atoms with Gasteiger partial charge in [-0.3, -0.25) is 4.79 Å². The zero-order valence-corrected chi connectivity index (χ0v) is 15.7. The number of rotatable bonds is 3. The average Bonchev–Trinajstić information content (AvgIpc) is 2.96. The summed E-state index contributed by atoms with van der Waals surface area (Å²) in [6.07, 6.45) is 0.132. The van der Waals surface area contributed by atoms with Gasteiger partial charge in [-0.05, 0) is 37.7 Å². The van der Waals surface area contributed by atoms with E-state index in [0.29, 0.717) is 18.7 Å². The first-order valence-electron chi connectivity index (χ1n) is 8.21. The molecule has 2 saturated heterocycles. The van der Waals surface area contributed by atoms with Crippen molar-refractivity contribution in [2.45, 2.75) is 16.6 Å². The van der Waals surface area contributed by atoms with Gasteiger partial charge in [0, 0.05) is 31.7 Å². The van der Waals surface area contributed by atoms with Crippen molar-refractivity contribution in [3.8, 4) is 0 Å². The molecule has 7 nitrogen and oxygen atoms in total. The monoisotopic (exact) mass is 386 g/mol. The van der Waals surface area contributed by atoms with Crippen LogP contribution in [0.25, 0.3) is 0 Å². The highest BCUT2D eigenvalue weighted by Crippen LogP contribution is 2.25. The predicted molar refractivity (Wildman–Crippen MR) is 94.1 cm³/mol. The van der Waals surface area contributed by atoms with E-state index in [4.69, 9.17) is 0 Å². The van der Waals surface area contributed by atoms with Gasteiger partial charge in [0.1, 0.15) is 0 Å². The van der Waals surface area contributed by atoms with Crippen molar-refractivity contribution < 1.29 is 21.6 Å². The summed E-state index contributed by atoms with van der Waals surface area (Å²) in [5.41, 5.74) is 0.447. The quantitative estimate of drug-likeness (QED) is 0.728. The Bertz CT molecular complexity index is 854. The Balaban J connectivity index is 1.75. The number of carbonyl (C=O) groups is 1. The van der Waals surface area contributed by atoms with Crippen LogP contribution in [0.1, 0.15) is 16.8 Å². The number of hydrogen-bond donors (Lipinski definition) is 0. The maximum atomic E-state index is 12.6. The molecule has 2 fully saturated rings. The van der Waals surface area contributed by atoms with Crippen LogP contribution in [0.2, 0.25) is 0 Å². The van der Waals surface area contributed by atoms with Crippen LogP contribution in [0.5, 0.6) is 0 Å². The zero-order chi connectivity index (χ0) is 18.2. The summed E-state index contributed by atoms with van der Waals surface area (Å²) < 4.78 is 48.2.